The van der Waals surface area contributed by atoms with E-state index < -0.39 is 0 Å². The minimum atomic E-state index is -0.185. The maximum atomic E-state index is 12.7. The van der Waals surface area contributed by atoms with Gasteiger partial charge in [-0.2, -0.15) is 5.10 Å². The van der Waals surface area contributed by atoms with Gasteiger partial charge >= 0.3 is 0 Å². The third kappa shape index (κ3) is 5.29. The van der Waals surface area contributed by atoms with Crippen molar-refractivity contribution >= 4 is 23.2 Å². The normalized spacial score (nSPS) is 16.6. The van der Waals surface area contributed by atoms with Crippen molar-refractivity contribution in [2.24, 2.45) is 7.05 Å². The van der Waals surface area contributed by atoms with Crippen LogP contribution in [-0.2, 0) is 11.8 Å². The summed E-state index contributed by atoms with van der Waals surface area (Å²) in [6.07, 6.45) is 0. The molecule has 1 N–H and O–H groups in total. The lowest BCUT2D eigenvalue weighted by atomic mass is 10.2. The molecule has 1 fully saturated rings. The predicted molar refractivity (Wildman–Crippen MR) is 116 cm³/mol. The van der Waals surface area contributed by atoms with Crippen LogP contribution in [-0.4, -0.2) is 70.9 Å². The van der Waals surface area contributed by atoms with Crippen molar-refractivity contribution < 1.29 is 9.53 Å². The molecule has 1 aliphatic heterocycles. The molecule has 0 saturated carbocycles. The smallest absolute Gasteiger partial charge is 0.241 e. The monoisotopic (exact) mass is 419 g/mol. The molecule has 7 nitrogen and oxygen atoms in total. The van der Waals surface area contributed by atoms with E-state index in [4.69, 9.17) is 16.3 Å². The number of carbonyl (C=O) groups is 1. The number of anilines is 1. The number of nitrogens with zero attached hydrogens (tertiary/aromatic N) is 4. The highest BCUT2D eigenvalue weighted by atomic mass is 35.5. The number of nitrogens with one attached hydrogen (secondary N) is 1. The summed E-state index contributed by atoms with van der Waals surface area (Å²) in [4.78, 5) is 17.3. The van der Waals surface area contributed by atoms with Crippen LogP contribution in [0.5, 0.6) is 5.75 Å². The van der Waals surface area contributed by atoms with Crippen LogP contribution in [0.2, 0.25) is 5.02 Å². The van der Waals surface area contributed by atoms with Crippen molar-refractivity contribution in [3.8, 4) is 5.75 Å². The van der Waals surface area contributed by atoms with Gasteiger partial charge in [0.1, 0.15) is 12.4 Å². The number of hydrogen-bond acceptors (Lipinski definition) is 5. The summed E-state index contributed by atoms with van der Waals surface area (Å²) in [5, 5.41) is 8.05. The lowest BCUT2D eigenvalue weighted by Gasteiger charge is -2.37. The molecule has 1 aromatic heterocycles. The standard InChI is InChI=1S/C21H30ClN5O2/c1-15-20(16(2)25(4)24-15)23-21(28)17(3)27-11-9-26(10-12-27)13-14-29-19-8-6-5-7-18(19)22/h5-8,17H,9-14H2,1-4H3,(H,23,28). The molecule has 2 aromatic rings. The number of amides is 1. The maximum absolute atomic E-state index is 12.7. The summed E-state index contributed by atoms with van der Waals surface area (Å²) in [7, 11) is 1.89. The van der Waals surface area contributed by atoms with Crippen molar-refractivity contribution in [3.63, 3.8) is 0 Å². The molecule has 1 atom stereocenters. The number of piperazine rings is 1. The van der Waals surface area contributed by atoms with Crippen LogP contribution >= 0.6 is 11.6 Å². The van der Waals surface area contributed by atoms with Gasteiger partial charge in [0, 0.05) is 39.8 Å². The molecule has 0 bridgehead atoms. The number of ether oxygens (including phenoxy) is 1. The zero-order valence-corrected chi connectivity index (χ0v) is 18.4. The first-order valence-electron chi connectivity index (χ1n) is 10.0. The van der Waals surface area contributed by atoms with Crippen molar-refractivity contribution in [2.45, 2.75) is 26.8 Å². The van der Waals surface area contributed by atoms with E-state index in [1.54, 1.807) is 4.68 Å². The molecule has 1 saturated heterocycles. The molecule has 1 aromatic carbocycles. The summed E-state index contributed by atoms with van der Waals surface area (Å²) in [6.45, 7) is 10.8. The number of aromatic nitrogens is 2. The van der Waals surface area contributed by atoms with Gasteiger partial charge in [-0.05, 0) is 32.9 Å². The van der Waals surface area contributed by atoms with Gasteiger partial charge in [0.15, 0.2) is 0 Å². The van der Waals surface area contributed by atoms with E-state index in [1.807, 2.05) is 52.1 Å². The van der Waals surface area contributed by atoms with Gasteiger partial charge in [-0.3, -0.25) is 19.3 Å². The van der Waals surface area contributed by atoms with Crippen molar-refractivity contribution in [2.75, 3.05) is 44.6 Å². The highest BCUT2D eigenvalue weighted by molar-refractivity contribution is 6.32. The molecule has 8 heteroatoms. The molecule has 3 rings (SSSR count). The largest absolute Gasteiger partial charge is 0.491 e. The molecule has 158 valence electrons. The zero-order chi connectivity index (χ0) is 21.0. The summed E-state index contributed by atoms with van der Waals surface area (Å²) in [5.41, 5.74) is 2.62. The average molecular weight is 420 g/mol. The molecular weight excluding hydrogens is 390 g/mol. The molecular formula is C21H30ClN5O2. The molecule has 1 unspecified atom stereocenters. The van der Waals surface area contributed by atoms with Gasteiger partial charge in [0.05, 0.1) is 28.1 Å². The quantitative estimate of drug-likeness (QED) is 0.747. The first-order valence-corrected chi connectivity index (χ1v) is 10.4. The highest BCUT2D eigenvalue weighted by Gasteiger charge is 2.26. The summed E-state index contributed by atoms with van der Waals surface area (Å²) < 4.78 is 7.57. The fourth-order valence-electron chi connectivity index (χ4n) is 3.57. The van der Waals surface area contributed by atoms with Crippen LogP contribution in [0.15, 0.2) is 24.3 Å². The van der Waals surface area contributed by atoms with E-state index in [0.717, 1.165) is 55.5 Å². The Labute approximate surface area is 177 Å². The number of aryl methyl sites for hydroxylation is 2. The Balaban J connectivity index is 1.43. The number of para-hydroxylation sites is 1. The second-order valence-electron chi connectivity index (χ2n) is 7.49. The van der Waals surface area contributed by atoms with Gasteiger partial charge < -0.3 is 10.1 Å². The third-order valence-corrected chi connectivity index (χ3v) is 5.91. The van der Waals surface area contributed by atoms with Gasteiger partial charge in [0.2, 0.25) is 5.91 Å². The zero-order valence-electron chi connectivity index (χ0n) is 17.6. The Bertz CT molecular complexity index is 846. The minimum Gasteiger partial charge on any atom is -0.491 e. The number of hydrogen-bond donors (Lipinski definition) is 1. The van der Waals surface area contributed by atoms with Crippen LogP contribution in [0.25, 0.3) is 0 Å². The fourth-order valence-corrected chi connectivity index (χ4v) is 3.76. The first-order chi connectivity index (χ1) is 13.9. The maximum Gasteiger partial charge on any atom is 0.241 e. The molecule has 0 aliphatic carbocycles. The van der Waals surface area contributed by atoms with Crippen LogP contribution in [0.4, 0.5) is 5.69 Å². The lowest BCUT2D eigenvalue weighted by molar-refractivity contribution is -0.121. The highest BCUT2D eigenvalue weighted by Crippen LogP contribution is 2.23. The number of rotatable bonds is 7. The fraction of sp³-hybridized carbons (Fsp3) is 0.524. The molecule has 2 heterocycles. The second kappa shape index (κ2) is 9.61. The first kappa shape index (κ1) is 21.6. The molecule has 29 heavy (non-hydrogen) atoms. The SMILES string of the molecule is Cc1nn(C)c(C)c1NC(=O)C(C)N1CCN(CCOc2ccccc2Cl)CC1. The topological polar surface area (TPSA) is 62.6 Å². The van der Waals surface area contributed by atoms with E-state index in [1.165, 1.54) is 0 Å². The molecule has 0 spiro atoms. The Morgan fingerprint density at radius 1 is 1.24 bits per heavy atom. The second-order valence-corrected chi connectivity index (χ2v) is 7.90. The van der Waals surface area contributed by atoms with Crippen LogP contribution < -0.4 is 10.1 Å². The third-order valence-electron chi connectivity index (χ3n) is 5.59. The molecule has 0 radical (unpaired) electrons. The average Bonchev–Trinajstić information content (AvgIpc) is 2.95. The Morgan fingerprint density at radius 3 is 2.55 bits per heavy atom. The van der Waals surface area contributed by atoms with E-state index in [-0.39, 0.29) is 11.9 Å². The van der Waals surface area contributed by atoms with E-state index >= 15 is 0 Å². The summed E-state index contributed by atoms with van der Waals surface area (Å²) in [5.74, 6) is 0.735. The van der Waals surface area contributed by atoms with Crippen molar-refractivity contribution in [1.29, 1.82) is 0 Å². The van der Waals surface area contributed by atoms with Crippen molar-refractivity contribution in [1.82, 2.24) is 19.6 Å². The minimum absolute atomic E-state index is 0.0136. The predicted octanol–water partition coefficient (Wildman–Crippen LogP) is 2.71. The van der Waals surface area contributed by atoms with Crippen LogP contribution in [0, 0.1) is 13.8 Å². The molecule has 1 amide bonds. The number of carbonyl (C=O) groups excluding carboxylic acids is 1. The van der Waals surface area contributed by atoms with E-state index in [2.05, 4.69) is 20.2 Å². The Kier molecular flexibility index (Phi) is 7.16. The van der Waals surface area contributed by atoms with Gasteiger partial charge in [-0.25, -0.2) is 0 Å². The Morgan fingerprint density at radius 2 is 1.93 bits per heavy atom. The summed E-state index contributed by atoms with van der Waals surface area (Å²) >= 11 is 6.12. The van der Waals surface area contributed by atoms with Gasteiger partial charge in [-0.15, -0.1) is 0 Å². The van der Waals surface area contributed by atoms with Crippen LogP contribution in [0.3, 0.4) is 0 Å². The van der Waals surface area contributed by atoms with Crippen molar-refractivity contribution in [3.05, 3.63) is 40.7 Å². The lowest BCUT2D eigenvalue weighted by Crippen LogP contribution is -2.53. The van der Waals surface area contributed by atoms with E-state index in [0.29, 0.717) is 11.6 Å². The summed E-state index contributed by atoms with van der Waals surface area (Å²) in [6, 6.07) is 7.34. The molecule has 1 aliphatic rings. The number of halogens is 1. The van der Waals surface area contributed by atoms with Crippen LogP contribution in [0.1, 0.15) is 18.3 Å². The number of benzene rings is 1. The van der Waals surface area contributed by atoms with Gasteiger partial charge in [0.25, 0.3) is 0 Å². The van der Waals surface area contributed by atoms with E-state index in [9.17, 15) is 4.79 Å². The van der Waals surface area contributed by atoms with Gasteiger partial charge in [-0.1, -0.05) is 23.7 Å². The Hall–Kier alpha value is -2.09.